The summed E-state index contributed by atoms with van der Waals surface area (Å²) in [7, 11) is 0. The topological polar surface area (TPSA) is 63.6 Å². The molecule has 4 nitrogen and oxygen atoms in total. The summed E-state index contributed by atoms with van der Waals surface area (Å²) in [6.45, 7) is 3.26. The van der Waals surface area contributed by atoms with Crippen molar-refractivity contribution in [2.45, 2.75) is 26.4 Å². The molecule has 0 aromatic heterocycles. The van der Waals surface area contributed by atoms with Crippen LogP contribution in [0.4, 0.5) is 0 Å². The maximum absolute atomic E-state index is 12.2. The molecule has 0 spiro atoms. The van der Waals surface area contributed by atoms with Gasteiger partial charge >= 0.3 is 11.9 Å². The van der Waals surface area contributed by atoms with Gasteiger partial charge in [-0.3, -0.25) is 0 Å². The van der Waals surface area contributed by atoms with E-state index in [-0.39, 0.29) is 17.6 Å². The predicted molar refractivity (Wildman–Crippen MR) is 105 cm³/mol. The van der Waals surface area contributed by atoms with Gasteiger partial charge in [0.25, 0.3) is 0 Å². The summed E-state index contributed by atoms with van der Waals surface area (Å²) >= 11 is 6.46. The van der Waals surface area contributed by atoms with Crippen molar-refractivity contribution in [3.05, 3.63) is 40.1 Å². The van der Waals surface area contributed by atoms with Gasteiger partial charge in [-0.2, -0.15) is 0 Å². The Balaban J connectivity index is 2.78. The van der Waals surface area contributed by atoms with Crippen molar-refractivity contribution in [1.29, 1.82) is 0 Å². The number of rotatable bonds is 5. The van der Waals surface area contributed by atoms with Crippen LogP contribution in [0.25, 0.3) is 0 Å². The van der Waals surface area contributed by atoms with E-state index >= 15 is 0 Å². The second-order valence-corrected chi connectivity index (χ2v) is 7.88. The van der Waals surface area contributed by atoms with Gasteiger partial charge in [-0.15, -0.1) is 0 Å². The molecular formula is C14H13I3O4. The minimum Gasteiger partial charge on any atom is -0.478 e. The molecule has 0 aliphatic carbocycles. The van der Waals surface area contributed by atoms with E-state index in [0.29, 0.717) is 12.0 Å². The standard InChI is InChI=1S/C14H13I3O4/c1-7(13(18)19)3-4-8(2)21-14(20)10-5-9(15)6-11(16)12(10)17/h3,5-6,8H,4H2,1-2H3,(H,18,19). The Labute approximate surface area is 164 Å². The second kappa shape index (κ2) is 8.65. The molecule has 0 heterocycles. The Morgan fingerprint density at radius 2 is 1.95 bits per heavy atom. The lowest BCUT2D eigenvalue weighted by Crippen LogP contribution is -2.16. The summed E-state index contributed by atoms with van der Waals surface area (Å²) in [4.78, 5) is 22.9. The molecule has 0 amide bonds. The van der Waals surface area contributed by atoms with Gasteiger partial charge in [-0.05, 0) is 93.8 Å². The van der Waals surface area contributed by atoms with E-state index in [1.165, 1.54) is 6.92 Å². The Morgan fingerprint density at radius 1 is 1.33 bits per heavy atom. The third-order valence-corrected chi connectivity index (χ3v) is 6.28. The third-order valence-electron chi connectivity index (χ3n) is 2.61. The molecular weight excluding hydrogens is 613 g/mol. The Hall–Kier alpha value is 0.0900. The van der Waals surface area contributed by atoms with Crippen LogP contribution in [0.5, 0.6) is 0 Å². The van der Waals surface area contributed by atoms with Crippen LogP contribution in [0.3, 0.4) is 0 Å². The minimum atomic E-state index is -0.963. The van der Waals surface area contributed by atoms with Gasteiger partial charge in [0.1, 0.15) is 6.10 Å². The molecule has 1 rings (SSSR count). The number of carboxylic acid groups (broad SMARTS) is 1. The van der Waals surface area contributed by atoms with Crippen LogP contribution in [0.1, 0.15) is 30.6 Å². The highest BCUT2D eigenvalue weighted by Crippen LogP contribution is 2.24. The lowest BCUT2D eigenvalue weighted by Gasteiger charge is -2.13. The summed E-state index contributed by atoms with van der Waals surface area (Å²) in [6, 6.07) is 3.78. The SMILES string of the molecule is CC(=CCC(C)OC(=O)c1cc(I)cc(I)c1I)C(=O)O. The number of carbonyl (C=O) groups excluding carboxylic acids is 1. The zero-order chi connectivity index (χ0) is 16.2. The molecule has 0 aliphatic rings. The molecule has 114 valence electrons. The molecule has 0 aliphatic heterocycles. The number of esters is 1. The molecule has 1 unspecified atom stereocenters. The molecule has 0 fully saturated rings. The van der Waals surface area contributed by atoms with E-state index in [0.717, 1.165) is 10.7 Å². The fraction of sp³-hybridized carbons (Fsp3) is 0.286. The van der Waals surface area contributed by atoms with Crippen molar-refractivity contribution in [2.24, 2.45) is 0 Å². The predicted octanol–water partition coefficient (Wildman–Crippen LogP) is 4.47. The molecule has 0 saturated heterocycles. The van der Waals surface area contributed by atoms with Crippen LogP contribution in [0.2, 0.25) is 0 Å². The average molecular weight is 626 g/mol. The van der Waals surface area contributed by atoms with E-state index in [9.17, 15) is 9.59 Å². The quantitative estimate of drug-likeness (QED) is 0.227. The third kappa shape index (κ3) is 6.00. The molecule has 21 heavy (non-hydrogen) atoms. The van der Waals surface area contributed by atoms with Gasteiger partial charge in [-0.25, -0.2) is 9.59 Å². The van der Waals surface area contributed by atoms with Crippen molar-refractivity contribution < 1.29 is 19.4 Å². The number of hydrogen-bond donors (Lipinski definition) is 1. The molecule has 1 atom stereocenters. The number of halogens is 3. The van der Waals surface area contributed by atoms with Crippen molar-refractivity contribution in [2.75, 3.05) is 0 Å². The van der Waals surface area contributed by atoms with Crippen LogP contribution < -0.4 is 0 Å². The largest absolute Gasteiger partial charge is 0.478 e. The van der Waals surface area contributed by atoms with Crippen LogP contribution in [-0.2, 0) is 9.53 Å². The normalized spacial score (nSPS) is 12.9. The number of benzene rings is 1. The molecule has 7 heteroatoms. The summed E-state index contributed by atoms with van der Waals surface area (Å²) in [6.07, 6.45) is 1.56. The van der Waals surface area contributed by atoms with E-state index < -0.39 is 5.97 Å². The monoisotopic (exact) mass is 626 g/mol. The van der Waals surface area contributed by atoms with Crippen molar-refractivity contribution in [3.63, 3.8) is 0 Å². The van der Waals surface area contributed by atoms with Crippen LogP contribution >= 0.6 is 67.8 Å². The number of carboxylic acids is 1. The van der Waals surface area contributed by atoms with E-state index in [1.807, 2.05) is 6.07 Å². The molecule has 1 aromatic rings. The van der Waals surface area contributed by atoms with E-state index in [1.54, 1.807) is 19.1 Å². The van der Waals surface area contributed by atoms with Gasteiger partial charge < -0.3 is 9.84 Å². The summed E-state index contributed by atoms with van der Waals surface area (Å²) in [5.41, 5.74) is 0.786. The fourth-order valence-electron chi connectivity index (χ4n) is 1.43. The zero-order valence-electron chi connectivity index (χ0n) is 11.3. The fourth-order valence-corrected chi connectivity index (χ4v) is 3.81. The van der Waals surface area contributed by atoms with E-state index in [4.69, 9.17) is 9.84 Å². The molecule has 0 bridgehead atoms. The van der Waals surface area contributed by atoms with Crippen molar-refractivity contribution in [1.82, 2.24) is 0 Å². The lowest BCUT2D eigenvalue weighted by molar-refractivity contribution is -0.132. The summed E-state index contributed by atoms with van der Waals surface area (Å²) in [5, 5.41) is 8.77. The molecule has 1 aromatic carbocycles. The first-order valence-corrected chi connectivity index (χ1v) is 9.21. The van der Waals surface area contributed by atoms with E-state index in [2.05, 4.69) is 67.8 Å². The van der Waals surface area contributed by atoms with Crippen LogP contribution in [0, 0.1) is 10.7 Å². The number of hydrogen-bond acceptors (Lipinski definition) is 3. The summed E-state index contributed by atoms with van der Waals surface area (Å²) < 4.78 is 8.21. The maximum Gasteiger partial charge on any atom is 0.339 e. The van der Waals surface area contributed by atoms with Crippen LogP contribution in [-0.4, -0.2) is 23.1 Å². The van der Waals surface area contributed by atoms with Gasteiger partial charge in [0.15, 0.2) is 0 Å². The van der Waals surface area contributed by atoms with Crippen molar-refractivity contribution >= 4 is 79.7 Å². The van der Waals surface area contributed by atoms with Gasteiger partial charge in [0.05, 0.1) is 5.56 Å². The number of ether oxygens (including phenoxy) is 1. The Kier molecular flexibility index (Phi) is 7.88. The maximum atomic E-state index is 12.2. The average Bonchev–Trinajstić information content (AvgIpc) is 2.39. The first kappa shape index (κ1) is 19.1. The van der Waals surface area contributed by atoms with Gasteiger partial charge in [0.2, 0.25) is 0 Å². The number of carbonyl (C=O) groups is 2. The smallest absolute Gasteiger partial charge is 0.339 e. The van der Waals surface area contributed by atoms with Gasteiger partial charge in [0, 0.05) is 22.7 Å². The Bertz CT molecular complexity index is 596. The van der Waals surface area contributed by atoms with Gasteiger partial charge in [-0.1, -0.05) is 6.08 Å². The highest BCUT2D eigenvalue weighted by molar-refractivity contribution is 14.1. The number of aliphatic carboxylic acids is 1. The minimum absolute atomic E-state index is 0.247. The van der Waals surface area contributed by atoms with Crippen molar-refractivity contribution in [3.8, 4) is 0 Å². The first-order valence-electron chi connectivity index (χ1n) is 5.98. The van der Waals surface area contributed by atoms with Crippen LogP contribution in [0.15, 0.2) is 23.8 Å². The lowest BCUT2D eigenvalue weighted by atomic mass is 10.2. The summed E-state index contributed by atoms with van der Waals surface area (Å²) in [5.74, 6) is -1.35. The second-order valence-electron chi connectivity index (χ2n) is 4.39. The molecule has 0 radical (unpaired) electrons. The molecule has 0 saturated carbocycles. The molecule has 1 N–H and O–H groups in total. The Morgan fingerprint density at radius 3 is 2.52 bits per heavy atom. The highest BCUT2D eigenvalue weighted by Gasteiger charge is 2.17. The first-order chi connectivity index (χ1) is 9.72. The highest BCUT2D eigenvalue weighted by atomic mass is 127. The zero-order valence-corrected chi connectivity index (χ0v) is 17.8.